The summed E-state index contributed by atoms with van der Waals surface area (Å²) in [6, 6.07) is 2.88. The summed E-state index contributed by atoms with van der Waals surface area (Å²) in [5, 5.41) is 8.57. The Balaban J connectivity index is 2.16. The Bertz CT molecular complexity index is 613. The van der Waals surface area contributed by atoms with Crippen molar-refractivity contribution in [1.29, 1.82) is 0 Å². The van der Waals surface area contributed by atoms with E-state index in [0.717, 1.165) is 12.1 Å². The van der Waals surface area contributed by atoms with E-state index in [1.54, 1.807) is 0 Å². The van der Waals surface area contributed by atoms with Crippen molar-refractivity contribution in [3.8, 4) is 0 Å². The monoisotopic (exact) mass is 348 g/mol. The molecule has 0 saturated carbocycles. The van der Waals surface area contributed by atoms with E-state index in [1.807, 2.05) is 0 Å². The molecule has 2 aromatic rings. The molecule has 0 fully saturated rings. The quantitative estimate of drug-likeness (QED) is 0.895. The SMILES string of the molecule is O=C(NCc1ncn[nH]1)c1cc(C(F)(F)F)ccc1Br. The average molecular weight is 349 g/mol. The molecule has 5 nitrogen and oxygen atoms in total. The van der Waals surface area contributed by atoms with E-state index >= 15 is 0 Å². The zero-order valence-corrected chi connectivity index (χ0v) is 11.4. The molecular formula is C11H8BrF3N4O. The molecule has 1 amide bonds. The minimum absolute atomic E-state index is 0.0432. The first-order chi connectivity index (χ1) is 9.38. The molecule has 0 aliphatic carbocycles. The number of H-pyrrole nitrogens is 1. The first kappa shape index (κ1) is 14.5. The number of amides is 1. The summed E-state index contributed by atoms with van der Waals surface area (Å²) in [5.74, 6) is -0.235. The highest BCUT2D eigenvalue weighted by Gasteiger charge is 2.31. The second-order valence-electron chi connectivity index (χ2n) is 3.81. The molecule has 0 aliphatic rings. The van der Waals surface area contributed by atoms with Gasteiger partial charge in [0.05, 0.1) is 17.7 Å². The van der Waals surface area contributed by atoms with Gasteiger partial charge >= 0.3 is 6.18 Å². The number of carbonyl (C=O) groups excluding carboxylic acids is 1. The molecule has 0 radical (unpaired) electrons. The Kier molecular flexibility index (Phi) is 4.07. The molecule has 2 N–H and O–H groups in total. The van der Waals surface area contributed by atoms with E-state index in [9.17, 15) is 18.0 Å². The van der Waals surface area contributed by atoms with Crippen LogP contribution < -0.4 is 5.32 Å². The number of halogens is 4. The molecule has 0 saturated heterocycles. The lowest BCUT2D eigenvalue weighted by Gasteiger charge is -2.10. The van der Waals surface area contributed by atoms with Crippen molar-refractivity contribution in [1.82, 2.24) is 20.5 Å². The van der Waals surface area contributed by atoms with Crippen LogP contribution in [0, 0.1) is 0 Å². The minimum Gasteiger partial charge on any atom is -0.345 e. The van der Waals surface area contributed by atoms with Crippen LogP contribution >= 0.6 is 15.9 Å². The molecule has 0 bridgehead atoms. The fourth-order valence-electron chi connectivity index (χ4n) is 1.45. The van der Waals surface area contributed by atoms with Crippen LogP contribution in [0.3, 0.4) is 0 Å². The Morgan fingerprint density at radius 3 is 2.75 bits per heavy atom. The number of benzene rings is 1. The lowest BCUT2D eigenvalue weighted by molar-refractivity contribution is -0.137. The maximum Gasteiger partial charge on any atom is 0.416 e. The molecule has 9 heteroatoms. The third kappa shape index (κ3) is 3.35. The van der Waals surface area contributed by atoms with Crippen molar-refractivity contribution in [3.05, 3.63) is 46.0 Å². The molecule has 0 spiro atoms. The van der Waals surface area contributed by atoms with Crippen molar-refractivity contribution in [2.75, 3.05) is 0 Å². The molecule has 1 aromatic carbocycles. The maximum atomic E-state index is 12.6. The molecule has 0 atom stereocenters. The van der Waals surface area contributed by atoms with Crippen LogP contribution in [0.5, 0.6) is 0 Å². The number of aromatic amines is 1. The van der Waals surface area contributed by atoms with E-state index in [1.165, 1.54) is 12.4 Å². The number of carbonyl (C=O) groups is 1. The molecule has 2 rings (SSSR count). The van der Waals surface area contributed by atoms with Gasteiger partial charge in [-0.25, -0.2) is 4.98 Å². The van der Waals surface area contributed by atoms with Crippen molar-refractivity contribution in [3.63, 3.8) is 0 Å². The summed E-state index contributed by atoms with van der Waals surface area (Å²) >= 11 is 3.05. The number of aromatic nitrogens is 3. The Labute approximate surface area is 119 Å². The van der Waals surface area contributed by atoms with Gasteiger partial charge in [0, 0.05) is 4.47 Å². The van der Waals surface area contributed by atoms with Gasteiger partial charge in [0.25, 0.3) is 5.91 Å². The van der Waals surface area contributed by atoms with Crippen molar-refractivity contribution < 1.29 is 18.0 Å². The van der Waals surface area contributed by atoms with Gasteiger partial charge in [0.15, 0.2) is 0 Å². The number of hydrogen-bond donors (Lipinski definition) is 2. The minimum atomic E-state index is -4.50. The topological polar surface area (TPSA) is 70.7 Å². The largest absolute Gasteiger partial charge is 0.416 e. The predicted molar refractivity (Wildman–Crippen MR) is 66.7 cm³/mol. The zero-order valence-electron chi connectivity index (χ0n) is 9.83. The van der Waals surface area contributed by atoms with Crippen LogP contribution in [0.15, 0.2) is 29.0 Å². The Morgan fingerprint density at radius 2 is 2.15 bits per heavy atom. The summed E-state index contributed by atoms with van der Waals surface area (Å²) < 4.78 is 38.1. The van der Waals surface area contributed by atoms with Gasteiger partial charge in [-0.2, -0.15) is 18.3 Å². The standard InChI is InChI=1S/C11H8BrF3N4O/c12-8-2-1-6(11(13,14)15)3-7(8)10(20)16-4-9-17-5-18-19-9/h1-3,5H,4H2,(H,16,20)(H,17,18,19). The molecule has 0 aliphatic heterocycles. The van der Waals surface area contributed by atoms with Crippen molar-refractivity contribution in [2.45, 2.75) is 12.7 Å². The van der Waals surface area contributed by atoms with Crippen LogP contribution in [-0.4, -0.2) is 21.1 Å². The summed E-state index contributed by atoms with van der Waals surface area (Å²) in [6.45, 7) is 0.0432. The number of nitrogens with one attached hydrogen (secondary N) is 2. The van der Waals surface area contributed by atoms with Gasteiger partial charge in [0.2, 0.25) is 0 Å². The van der Waals surface area contributed by atoms with Crippen LogP contribution in [0.1, 0.15) is 21.7 Å². The predicted octanol–water partition coefficient (Wildman–Crippen LogP) is 2.52. The normalized spacial score (nSPS) is 11.4. The molecule has 1 aromatic heterocycles. The fourth-order valence-corrected chi connectivity index (χ4v) is 1.88. The number of hydrogen-bond acceptors (Lipinski definition) is 3. The van der Waals surface area contributed by atoms with E-state index in [4.69, 9.17) is 0 Å². The van der Waals surface area contributed by atoms with Gasteiger partial charge in [-0.05, 0) is 34.1 Å². The van der Waals surface area contributed by atoms with Gasteiger partial charge in [-0.3, -0.25) is 9.89 Å². The van der Waals surface area contributed by atoms with Crippen LogP contribution in [0.4, 0.5) is 13.2 Å². The number of rotatable bonds is 3. The molecule has 1 heterocycles. The molecule has 0 unspecified atom stereocenters. The second kappa shape index (κ2) is 5.61. The molecule has 20 heavy (non-hydrogen) atoms. The maximum absolute atomic E-state index is 12.6. The van der Waals surface area contributed by atoms with Gasteiger partial charge in [-0.15, -0.1) is 0 Å². The lowest BCUT2D eigenvalue weighted by Crippen LogP contribution is -2.24. The Hall–Kier alpha value is -1.90. The summed E-state index contributed by atoms with van der Waals surface area (Å²) in [5.41, 5.74) is -0.982. The average Bonchev–Trinajstić information content (AvgIpc) is 2.88. The van der Waals surface area contributed by atoms with Crippen LogP contribution in [0.2, 0.25) is 0 Å². The van der Waals surface area contributed by atoms with E-state index in [2.05, 4.69) is 36.4 Å². The van der Waals surface area contributed by atoms with Gasteiger partial charge < -0.3 is 5.32 Å². The summed E-state index contributed by atoms with van der Waals surface area (Å²) in [6.07, 6.45) is -3.23. The zero-order chi connectivity index (χ0) is 14.8. The lowest BCUT2D eigenvalue weighted by atomic mass is 10.1. The highest BCUT2D eigenvalue weighted by Crippen LogP contribution is 2.31. The smallest absolute Gasteiger partial charge is 0.345 e. The van der Waals surface area contributed by atoms with Gasteiger partial charge in [-0.1, -0.05) is 0 Å². The molecular weight excluding hydrogens is 341 g/mol. The summed E-state index contributed by atoms with van der Waals surface area (Å²) in [4.78, 5) is 15.7. The first-order valence-electron chi connectivity index (χ1n) is 5.37. The van der Waals surface area contributed by atoms with E-state index in [-0.39, 0.29) is 16.6 Å². The third-order valence-electron chi connectivity index (χ3n) is 2.42. The van der Waals surface area contributed by atoms with E-state index < -0.39 is 17.6 Å². The van der Waals surface area contributed by atoms with Gasteiger partial charge in [0.1, 0.15) is 12.2 Å². The van der Waals surface area contributed by atoms with Crippen molar-refractivity contribution in [2.24, 2.45) is 0 Å². The van der Waals surface area contributed by atoms with Crippen LogP contribution in [-0.2, 0) is 12.7 Å². The first-order valence-corrected chi connectivity index (χ1v) is 6.16. The second-order valence-corrected chi connectivity index (χ2v) is 4.66. The highest BCUT2D eigenvalue weighted by molar-refractivity contribution is 9.10. The molecule has 106 valence electrons. The van der Waals surface area contributed by atoms with E-state index in [0.29, 0.717) is 5.82 Å². The van der Waals surface area contributed by atoms with Crippen molar-refractivity contribution >= 4 is 21.8 Å². The number of alkyl halides is 3. The van der Waals surface area contributed by atoms with Crippen LogP contribution in [0.25, 0.3) is 0 Å². The third-order valence-corrected chi connectivity index (χ3v) is 3.11. The highest BCUT2D eigenvalue weighted by atomic mass is 79.9. The number of nitrogens with zero attached hydrogens (tertiary/aromatic N) is 2. The summed E-state index contributed by atoms with van der Waals surface area (Å²) in [7, 11) is 0. The Morgan fingerprint density at radius 1 is 1.40 bits per heavy atom. The fraction of sp³-hybridized carbons (Fsp3) is 0.182.